The maximum absolute atomic E-state index is 12.3. The molecule has 0 fully saturated rings. The van der Waals surface area contributed by atoms with Gasteiger partial charge in [0.15, 0.2) is 0 Å². The molecule has 0 bridgehead atoms. The minimum absolute atomic E-state index is 0.0447. The van der Waals surface area contributed by atoms with E-state index in [9.17, 15) is 9.59 Å². The van der Waals surface area contributed by atoms with Crippen molar-refractivity contribution in [1.29, 1.82) is 0 Å². The predicted molar refractivity (Wildman–Crippen MR) is 83.1 cm³/mol. The van der Waals surface area contributed by atoms with Crippen LogP contribution >= 0.6 is 11.3 Å². The van der Waals surface area contributed by atoms with Gasteiger partial charge in [-0.05, 0) is 32.9 Å². The van der Waals surface area contributed by atoms with Crippen molar-refractivity contribution >= 4 is 23.2 Å². The first kappa shape index (κ1) is 17.2. The number of hydrogen-bond acceptors (Lipinski definition) is 4. The molecule has 0 radical (unpaired) electrons. The molecule has 1 rings (SSSR count). The van der Waals surface area contributed by atoms with Crippen LogP contribution in [0.2, 0.25) is 0 Å². The van der Waals surface area contributed by atoms with Crippen LogP contribution < -0.4 is 5.32 Å². The third-order valence-electron chi connectivity index (χ3n) is 2.56. The zero-order valence-corrected chi connectivity index (χ0v) is 13.3. The standard InChI is InChI=1S/C15H20N2O3S/c1-4-17(10-14(19)16-11(2)3)15(20)13-8-7-12(21-13)6-5-9-18/h7-8,11,18H,4,9-10H2,1-3H3,(H,16,19). The third-order valence-corrected chi connectivity index (χ3v) is 3.55. The number of hydrogen-bond donors (Lipinski definition) is 2. The Hall–Kier alpha value is -1.84. The summed E-state index contributed by atoms with van der Waals surface area (Å²) in [5, 5.41) is 11.4. The average Bonchev–Trinajstić information content (AvgIpc) is 2.89. The van der Waals surface area contributed by atoms with E-state index < -0.39 is 0 Å². The second-order valence-electron chi connectivity index (χ2n) is 4.67. The molecule has 1 aromatic heterocycles. The Morgan fingerprint density at radius 3 is 2.71 bits per heavy atom. The second kappa shape index (κ2) is 8.45. The van der Waals surface area contributed by atoms with Gasteiger partial charge in [-0.25, -0.2) is 0 Å². The molecule has 0 aliphatic carbocycles. The molecule has 0 spiro atoms. The van der Waals surface area contributed by atoms with E-state index in [4.69, 9.17) is 5.11 Å². The zero-order valence-electron chi connectivity index (χ0n) is 12.5. The summed E-state index contributed by atoms with van der Waals surface area (Å²) in [6.07, 6.45) is 0. The highest BCUT2D eigenvalue weighted by Gasteiger charge is 2.19. The first-order valence-electron chi connectivity index (χ1n) is 6.76. The lowest BCUT2D eigenvalue weighted by atomic mass is 10.3. The highest BCUT2D eigenvalue weighted by molar-refractivity contribution is 7.14. The van der Waals surface area contributed by atoms with Crippen LogP contribution in [0.25, 0.3) is 0 Å². The molecular weight excluding hydrogens is 288 g/mol. The number of nitrogens with zero attached hydrogens (tertiary/aromatic N) is 1. The van der Waals surface area contributed by atoms with Gasteiger partial charge in [-0.15, -0.1) is 11.3 Å². The summed E-state index contributed by atoms with van der Waals surface area (Å²) >= 11 is 1.26. The minimum atomic E-state index is -0.211. The van der Waals surface area contributed by atoms with E-state index >= 15 is 0 Å². The van der Waals surface area contributed by atoms with Gasteiger partial charge in [-0.3, -0.25) is 9.59 Å². The second-order valence-corrected chi connectivity index (χ2v) is 5.75. The van der Waals surface area contributed by atoms with Gasteiger partial charge in [0.25, 0.3) is 5.91 Å². The lowest BCUT2D eigenvalue weighted by Gasteiger charge is -2.20. The summed E-state index contributed by atoms with van der Waals surface area (Å²) in [5.41, 5.74) is 0. The van der Waals surface area contributed by atoms with Crippen LogP contribution in [0.15, 0.2) is 12.1 Å². The SMILES string of the molecule is CCN(CC(=O)NC(C)C)C(=O)c1ccc(C#CCO)s1. The Balaban J connectivity index is 2.74. The minimum Gasteiger partial charge on any atom is -0.384 e. The predicted octanol–water partition coefficient (Wildman–Crippen LogP) is 1.08. The van der Waals surface area contributed by atoms with Gasteiger partial charge in [0.1, 0.15) is 6.61 Å². The molecule has 2 N–H and O–H groups in total. The fourth-order valence-electron chi connectivity index (χ4n) is 1.67. The van der Waals surface area contributed by atoms with Crippen LogP contribution in [0, 0.1) is 11.8 Å². The van der Waals surface area contributed by atoms with E-state index in [1.165, 1.54) is 16.2 Å². The van der Waals surface area contributed by atoms with E-state index in [-0.39, 0.29) is 31.0 Å². The fourth-order valence-corrected chi connectivity index (χ4v) is 2.52. The summed E-state index contributed by atoms with van der Waals surface area (Å²) in [6, 6.07) is 3.48. The fraction of sp³-hybridized carbons (Fsp3) is 0.467. The lowest BCUT2D eigenvalue weighted by Crippen LogP contribution is -2.42. The summed E-state index contributed by atoms with van der Waals surface area (Å²) in [4.78, 5) is 26.8. The number of nitrogens with one attached hydrogen (secondary N) is 1. The normalized spacial score (nSPS) is 9.95. The van der Waals surface area contributed by atoms with E-state index in [0.717, 1.165) is 4.88 Å². The summed E-state index contributed by atoms with van der Waals surface area (Å²) in [5.74, 6) is 4.95. The van der Waals surface area contributed by atoms with Crippen LogP contribution in [0.5, 0.6) is 0 Å². The smallest absolute Gasteiger partial charge is 0.264 e. The number of aliphatic hydroxyl groups is 1. The van der Waals surface area contributed by atoms with Gasteiger partial charge in [0.2, 0.25) is 5.91 Å². The number of likely N-dealkylation sites (N-methyl/N-ethyl adjacent to an activating group) is 1. The molecule has 0 unspecified atom stereocenters. The molecule has 2 amide bonds. The van der Waals surface area contributed by atoms with Gasteiger partial charge in [0, 0.05) is 12.6 Å². The topological polar surface area (TPSA) is 69.6 Å². The Morgan fingerprint density at radius 2 is 2.14 bits per heavy atom. The van der Waals surface area contributed by atoms with Gasteiger partial charge in [0.05, 0.1) is 16.3 Å². The van der Waals surface area contributed by atoms with Gasteiger partial charge in [-0.2, -0.15) is 0 Å². The molecule has 0 aromatic carbocycles. The molecule has 0 saturated heterocycles. The van der Waals surface area contributed by atoms with Crippen molar-refractivity contribution in [1.82, 2.24) is 10.2 Å². The molecule has 0 atom stereocenters. The summed E-state index contributed by atoms with van der Waals surface area (Å²) in [6.45, 7) is 5.88. The molecule has 6 heteroatoms. The maximum atomic E-state index is 12.3. The molecule has 21 heavy (non-hydrogen) atoms. The molecule has 5 nitrogen and oxygen atoms in total. The number of carbonyl (C=O) groups is 2. The maximum Gasteiger partial charge on any atom is 0.264 e. The van der Waals surface area contributed by atoms with Crippen molar-refractivity contribution in [2.24, 2.45) is 0 Å². The van der Waals surface area contributed by atoms with Crippen molar-refractivity contribution in [3.8, 4) is 11.8 Å². The third kappa shape index (κ3) is 5.58. The first-order chi connectivity index (χ1) is 9.97. The van der Waals surface area contributed by atoms with Gasteiger partial charge in [-0.1, -0.05) is 11.8 Å². The van der Waals surface area contributed by atoms with Crippen LogP contribution in [0.3, 0.4) is 0 Å². The highest BCUT2D eigenvalue weighted by atomic mass is 32.1. The lowest BCUT2D eigenvalue weighted by molar-refractivity contribution is -0.122. The zero-order chi connectivity index (χ0) is 15.8. The number of carbonyl (C=O) groups excluding carboxylic acids is 2. The Kier molecular flexibility index (Phi) is 6.92. The molecule has 0 aliphatic rings. The first-order valence-corrected chi connectivity index (χ1v) is 7.57. The van der Waals surface area contributed by atoms with Gasteiger partial charge >= 0.3 is 0 Å². The number of rotatable bonds is 5. The number of amides is 2. The monoisotopic (exact) mass is 308 g/mol. The summed E-state index contributed by atoms with van der Waals surface area (Å²) < 4.78 is 0. The van der Waals surface area contributed by atoms with E-state index in [2.05, 4.69) is 17.2 Å². The number of thiophene rings is 1. The van der Waals surface area contributed by atoms with Crippen LogP contribution in [-0.4, -0.2) is 47.6 Å². The Labute approximate surface area is 129 Å². The van der Waals surface area contributed by atoms with Crippen LogP contribution in [0.1, 0.15) is 35.3 Å². The number of aliphatic hydroxyl groups excluding tert-OH is 1. The van der Waals surface area contributed by atoms with Gasteiger partial charge < -0.3 is 15.3 Å². The van der Waals surface area contributed by atoms with Crippen molar-refractivity contribution in [3.63, 3.8) is 0 Å². The molecular formula is C15H20N2O3S. The van der Waals surface area contributed by atoms with Crippen molar-refractivity contribution in [3.05, 3.63) is 21.9 Å². The molecule has 1 aromatic rings. The van der Waals surface area contributed by atoms with Crippen molar-refractivity contribution < 1.29 is 14.7 Å². The quantitative estimate of drug-likeness (QED) is 0.800. The molecule has 0 aliphatic heterocycles. The van der Waals surface area contributed by atoms with E-state index in [0.29, 0.717) is 11.4 Å². The average molecular weight is 308 g/mol. The summed E-state index contributed by atoms with van der Waals surface area (Å²) in [7, 11) is 0. The van der Waals surface area contributed by atoms with E-state index in [1.807, 2.05) is 20.8 Å². The van der Waals surface area contributed by atoms with Crippen LogP contribution in [0.4, 0.5) is 0 Å². The van der Waals surface area contributed by atoms with E-state index in [1.54, 1.807) is 12.1 Å². The molecule has 0 saturated carbocycles. The van der Waals surface area contributed by atoms with Crippen molar-refractivity contribution in [2.45, 2.75) is 26.8 Å². The highest BCUT2D eigenvalue weighted by Crippen LogP contribution is 2.17. The van der Waals surface area contributed by atoms with Crippen molar-refractivity contribution in [2.75, 3.05) is 19.7 Å². The van der Waals surface area contributed by atoms with Crippen LogP contribution in [-0.2, 0) is 4.79 Å². The Bertz CT molecular complexity index is 555. The molecule has 114 valence electrons. The Morgan fingerprint density at radius 1 is 1.43 bits per heavy atom. The molecule has 1 heterocycles. The largest absolute Gasteiger partial charge is 0.384 e.